The largest absolute Gasteiger partial charge is 0.355 e. The molecule has 7 nitrogen and oxygen atoms in total. The van der Waals surface area contributed by atoms with Crippen LogP contribution in [-0.4, -0.2) is 34.8 Å². The number of rotatable bonds is 6. The van der Waals surface area contributed by atoms with Gasteiger partial charge in [-0.15, -0.1) is 0 Å². The monoisotopic (exact) mass is 414 g/mol. The molecular formula is C21H19ClN2O5. The Morgan fingerprint density at radius 2 is 1.59 bits per heavy atom. The molecule has 2 unspecified atom stereocenters. The first kappa shape index (κ1) is 20.5. The molecule has 2 atom stereocenters. The Labute approximate surface area is 172 Å². The van der Waals surface area contributed by atoms with Crippen molar-refractivity contribution in [3.05, 3.63) is 70.2 Å². The number of halogens is 1. The highest BCUT2D eigenvalue weighted by atomic mass is 35.5. The maximum Gasteiger partial charge on any atom is 0.355 e. The van der Waals surface area contributed by atoms with Gasteiger partial charge in [0.1, 0.15) is 6.04 Å². The molecule has 3 rings (SSSR count). The average Bonchev–Trinajstić information content (AvgIpc) is 2.96. The lowest BCUT2D eigenvalue weighted by Gasteiger charge is -2.24. The van der Waals surface area contributed by atoms with Crippen molar-refractivity contribution >= 4 is 35.3 Å². The van der Waals surface area contributed by atoms with Crippen LogP contribution in [0.5, 0.6) is 0 Å². The Hall–Kier alpha value is -3.19. The van der Waals surface area contributed by atoms with Crippen LogP contribution in [0.1, 0.15) is 51.3 Å². The van der Waals surface area contributed by atoms with E-state index in [1.807, 2.05) is 6.92 Å². The Morgan fingerprint density at radius 3 is 2.10 bits per heavy atom. The van der Waals surface area contributed by atoms with E-state index in [0.29, 0.717) is 22.1 Å². The minimum atomic E-state index is -1.05. The van der Waals surface area contributed by atoms with Gasteiger partial charge in [-0.05, 0) is 42.3 Å². The van der Waals surface area contributed by atoms with E-state index < -0.39 is 29.7 Å². The summed E-state index contributed by atoms with van der Waals surface area (Å²) in [4.78, 5) is 55.2. The maximum atomic E-state index is 12.8. The van der Waals surface area contributed by atoms with Crippen molar-refractivity contribution in [1.29, 1.82) is 0 Å². The van der Waals surface area contributed by atoms with Crippen molar-refractivity contribution in [2.24, 2.45) is 5.92 Å². The van der Waals surface area contributed by atoms with Crippen LogP contribution in [0.15, 0.2) is 48.5 Å². The molecule has 0 fully saturated rings. The fourth-order valence-corrected chi connectivity index (χ4v) is 3.02. The molecule has 2 aromatic carbocycles. The van der Waals surface area contributed by atoms with Gasteiger partial charge >= 0.3 is 5.97 Å². The molecule has 1 N–H and O–H groups in total. The molecule has 0 saturated heterocycles. The average molecular weight is 415 g/mol. The van der Waals surface area contributed by atoms with Crippen LogP contribution in [0.4, 0.5) is 0 Å². The van der Waals surface area contributed by atoms with Crippen LogP contribution in [0.2, 0.25) is 5.02 Å². The fraction of sp³-hybridized carbons (Fsp3) is 0.238. The van der Waals surface area contributed by atoms with Gasteiger partial charge in [-0.3, -0.25) is 14.4 Å². The van der Waals surface area contributed by atoms with E-state index in [9.17, 15) is 19.2 Å². The summed E-state index contributed by atoms with van der Waals surface area (Å²) in [6.07, 6.45) is 0.558. The lowest BCUT2D eigenvalue weighted by molar-refractivity contribution is -0.172. The van der Waals surface area contributed by atoms with E-state index in [1.165, 1.54) is 24.3 Å². The highest BCUT2D eigenvalue weighted by molar-refractivity contribution is 6.30. The summed E-state index contributed by atoms with van der Waals surface area (Å²) >= 11 is 5.83. The Balaban J connectivity index is 1.76. The number of hydroxylamine groups is 2. The number of benzene rings is 2. The van der Waals surface area contributed by atoms with Crippen LogP contribution < -0.4 is 5.32 Å². The smallest absolute Gasteiger partial charge is 0.338 e. The molecule has 0 aromatic heterocycles. The lowest BCUT2D eigenvalue weighted by atomic mass is 9.99. The SMILES string of the molecule is CCC(C)C(NC(=O)c1ccc(Cl)cc1)C(=O)ON1C(=O)c2ccccc2C1=O. The van der Waals surface area contributed by atoms with Gasteiger partial charge in [0.05, 0.1) is 11.1 Å². The second-order valence-corrected chi connectivity index (χ2v) is 7.14. The summed E-state index contributed by atoms with van der Waals surface area (Å²) in [6, 6.07) is 11.3. The summed E-state index contributed by atoms with van der Waals surface area (Å²) in [5, 5.41) is 3.54. The number of carbonyl (C=O) groups excluding carboxylic acids is 4. The Kier molecular flexibility index (Phi) is 5.98. The highest BCUT2D eigenvalue weighted by Crippen LogP contribution is 2.23. The number of carbonyl (C=O) groups is 4. The zero-order valence-electron chi connectivity index (χ0n) is 15.8. The van der Waals surface area contributed by atoms with Crippen LogP contribution >= 0.6 is 11.6 Å². The minimum Gasteiger partial charge on any atom is -0.338 e. The van der Waals surface area contributed by atoms with Crippen LogP contribution in [0, 0.1) is 5.92 Å². The number of amides is 3. The molecule has 0 bridgehead atoms. The van der Waals surface area contributed by atoms with Crippen molar-refractivity contribution < 1.29 is 24.0 Å². The van der Waals surface area contributed by atoms with Crippen molar-refractivity contribution in [2.75, 3.05) is 0 Å². The third-order valence-electron chi connectivity index (χ3n) is 4.80. The molecule has 29 heavy (non-hydrogen) atoms. The number of hydrogen-bond acceptors (Lipinski definition) is 5. The number of nitrogens with zero attached hydrogens (tertiary/aromatic N) is 1. The van der Waals surface area contributed by atoms with Gasteiger partial charge in [0.2, 0.25) is 0 Å². The molecule has 0 saturated carbocycles. The first-order valence-corrected chi connectivity index (χ1v) is 9.47. The van der Waals surface area contributed by atoms with Gasteiger partial charge in [0.25, 0.3) is 17.7 Å². The number of hydrogen-bond donors (Lipinski definition) is 1. The Morgan fingerprint density at radius 1 is 1.03 bits per heavy atom. The Bertz CT molecular complexity index is 938. The number of fused-ring (bicyclic) bond motifs is 1. The van der Waals surface area contributed by atoms with E-state index in [-0.39, 0.29) is 17.0 Å². The zero-order chi connectivity index (χ0) is 21.1. The van der Waals surface area contributed by atoms with E-state index in [2.05, 4.69) is 5.32 Å². The third-order valence-corrected chi connectivity index (χ3v) is 5.05. The number of nitrogens with one attached hydrogen (secondary N) is 1. The van der Waals surface area contributed by atoms with Gasteiger partial charge in [-0.25, -0.2) is 4.79 Å². The summed E-state index contributed by atoms with van der Waals surface area (Å²) in [5.74, 6) is -3.12. The van der Waals surface area contributed by atoms with Gasteiger partial charge < -0.3 is 10.2 Å². The van der Waals surface area contributed by atoms with E-state index >= 15 is 0 Å². The van der Waals surface area contributed by atoms with Gasteiger partial charge in [0.15, 0.2) is 0 Å². The van der Waals surface area contributed by atoms with Gasteiger partial charge in [-0.1, -0.05) is 49.1 Å². The predicted octanol–water partition coefficient (Wildman–Crippen LogP) is 3.24. The molecule has 1 aliphatic rings. The summed E-state index contributed by atoms with van der Waals surface area (Å²) in [5.41, 5.74) is 0.641. The minimum absolute atomic E-state index is 0.163. The van der Waals surface area contributed by atoms with Crippen molar-refractivity contribution in [3.63, 3.8) is 0 Å². The molecule has 0 spiro atoms. The standard InChI is InChI=1S/C21H19ClN2O5/c1-3-12(2)17(23-18(25)13-8-10-14(22)11-9-13)21(28)29-24-19(26)15-6-4-5-7-16(15)20(24)27/h4-12,17H,3H2,1-2H3,(H,23,25). The second-order valence-electron chi connectivity index (χ2n) is 6.70. The summed E-state index contributed by atoms with van der Waals surface area (Å²) in [6.45, 7) is 3.61. The van der Waals surface area contributed by atoms with E-state index in [4.69, 9.17) is 16.4 Å². The molecule has 3 amide bonds. The third kappa shape index (κ3) is 4.14. The predicted molar refractivity (Wildman–Crippen MR) is 105 cm³/mol. The van der Waals surface area contributed by atoms with E-state index in [1.54, 1.807) is 31.2 Å². The summed E-state index contributed by atoms with van der Waals surface area (Å²) in [7, 11) is 0. The molecule has 2 aromatic rings. The summed E-state index contributed by atoms with van der Waals surface area (Å²) < 4.78 is 0. The topological polar surface area (TPSA) is 92.8 Å². The quantitative estimate of drug-likeness (QED) is 0.732. The first-order valence-electron chi connectivity index (χ1n) is 9.09. The van der Waals surface area contributed by atoms with Crippen molar-refractivity contribution in [1.82, 2.24) is 10.4 Å². The lowest BCUT2D eigenvalue weighted by Crippen LogP contribution is -2.48. The van der Waals surface area contributed by atoms with Gasteiger partial charge in [0, 0.05) is 10.6 Å². The molecular weight excluding hydrogens is 396 g/mol. The van der Waals surface area contributed by atoms with Crippen LogP contribution in [0.25, 0.3) is 0 Å². The van der Waals surface area contributed by atoms with Crippen LogP contribution in [0.3, 0.4) is 0 Å². The van der Waals surface area contributed by atoms with E-state index in [0.717, 1.165) is 0 Å². The van der Waals surface area contributed by atoms with Gasteiger partial charge in [-0.2, -0.15) is 0 Å². The second kappa shape index (κ2) is 8.45. The highest BCUT2D eigenvalue weighted by Gasteiger charge is 2.40. The normalized spacial score (nSPS) is 14.9. The van der Waals surface area contributed by atoms with Crippen molar-refractivity contribution in [3.8, 4) is 0 Å². The van der Waals surface area contributed by atoms with Crippen molar-refractivity contribution in [2.45, 2.75) is 26.3 Å². The van der Waals surface area contributed by atoms with Crippen LogP contribution in [-0.2, 0) is 9.63 Å². The number of imide groups is 1. The molecule has 0 aliphatic carbocycles. The fourth-order valence-electron chi connectivity index (χ4n) is 2.89. The molecule has 150 valence electrons. The zero-order valence-corrected chi connectivity index (χ0v) is 16.6. The molecule has 1 heterocycles. The molecule has 1 aliphatic heterocycles. The molecule has 8 heteroatoms. The first-order chi connectivity index (χ1) is 13.8. The molecule has 0 radical (unpaired) electrons. The maximum absolute atomic E-state index is 12.8.